The molecule has 1 fully saturated rings. The molecular weight excluding hydrogens is 292 g/mol. The van der Waals surface area contributed by atoms with Crippen LogP contribution in [-0.4, -0.2) is 49.4 Å². The van der Waals surface area contributed by atoms with E-state index in [1.807, 2.05) is 39.0 Å². The molecule has 128 valence electrons. The van der Waals surface area contributed by atoms with Gasteiger partial charge in [0.2, 0.25) is 0 Å². The summed E-state index contributed by atoms with van der Waals surface area (Å²) in [6.45, 7) is 8.01. The highest BCUT2D eigenvalue weighted by Gasteiger charge is 2.29. The highest BCUT2D eigenvalue weighted by molar-refractivity contribution is 5.68. The molecule has 0 saturated carbocycles. The monoisotopic (exact) mass is 320 g/mol. The zero-order chi connectivity index (χ0) is 16.9. The number of amides is 1. The summed E-state index contributed by atoms with van der Waals surface area (Å²) in [5.74, 6) is 0.927. The lowest BCUT2D eigenvalue weighted by molar-refractivity contribution is 0.0291. The van der Waals surface area contributed by atoms with Gasteiger partial charge in [-0.25, -0.2) is 4.79 Å². The fourth-order valence-electron chi connectivity index (χ4n) is 2.74. The Bertz CT molecular complexity index is 525. The molecule has 0 bridgehead atoms. The third-order valence-corrected chi connectivity index (χ3v) is 3.86. The van der Waals surface area contributed by atoms with Crippen molar-refractivity contribution in [2.24, 2.45) is 0 Å². The molecular formula is C18H28N2O3. The number of nitrogens with one attached hydrogen (secondary N) is 1. The van der Waals surface area contributed by atoms with Crippen LogP contribution in [0.3, 0.4) is 0 Å². The van der Waals surface area contributed by atoms with Crippen LogP contribution in [0, 0.1) is 0 Å². The summed E-state index contributed by atoms with van der Waals surface area (Å²) in [6, 6.07) is 8.40. The smallest absolute Gasteiger partial charge is 0.410 e. The SMILES string of the molecule is COc1ccccc1CCNC1CCN(C(=O)OC(C)(C)C)C1. The van der Waals surface area contributed by atoms with Gasteiger partial charge in [0.15, 0.2) is 0 Å². The number of nitrogens with zero attached hydrogens (tertiary/aromatic N) is 1. The number of para-hydroxylation sites is 1. The first kappa shape index (κ1) is 17.6. The van der Waals surface area contributed by atoms with Crippen molar-refractivity contribution in [1.82, 2.24) is 10.2 Å². The molecule has 1 unspecified atom stereocenters. The van der Waals surface area contributed by atoms with Crippen molar-refractivity contribution in [3.8, 4) is 5.75 Å². The molecule has 23 heavy (non-hydrogen) atoms. The Morgan fingerprint density at radius 1 is 1.35 bits per heavy atom. The maximum absolute atomic E-state index is 12.0. The fourth-order valence-corrected chi connectivity index (χ4v) is 2.74. The van der Waals surface area contributed by atoms with Gasteiger partial charge in [-0.1, -0.05) is 18.2 Å². The van der Waals surface area contributed by atoms with Gasteiger partial charge in [-0.2, -0.15) is 0 Å². The first-order valence-corrected chi connectivity index (χ1v) is 8.22. The molecule has 0 aliphatic carbocycles. The van der Waals surface area contributed by atoms with E-state index in [1.54, 1.807) is 12.0 Å². The second-order valence-corrected chi connectivity index (χ2v) is 6.93. The van der Waals surface area contributed by atoms with E-state index in [4.69, 9.17) is 9.47 Å². The van der Waals surface area contributed by atoms with E-state index < -0.39 is 5.60 Å². The maximum Gasteiger partial charge on any atom is 0.410 e. The average molecular weight is 320 g/mol. The van der Waals surface area contributed by atoms with Crippen LogP contribution in [0.1, 0.15) is 32.8 Å². The molecule has 5 nitrogen and oxygen atoms in total. The predicted octanol–water partition coefficient (Wildman–Crippen LogP) is 2.84. The molecule has 1 aliphatic rings. The number of carbonyl (C=O) groups excluding carboxylic acids is 1. The van der Waals surface area contributed by atoms with Gasteiger partial charge in [0.1, 0.15) is 11.4 Å². The normalized spacial score (nSPS) is 18.1. The Balaban J connectivity index is 1.75. The Morgan fingerprint density at radius 2 is 2.09 bits per heavy atom. The second-order valence-electron chi connectivity index (χ2n) is 6.93. The van der Waals surface area contributed by atoms with Crippen LogP contribution >= 0.6 is 0 Å². The summed E-state index contributed by atoms with van der Waals surface area (Å²) in [5, 5.41) is 3.52. The van der Waals surface area contributed by atoms with E-state index in [2.05, 4.69) is 11.4 Å². The number of benzene rings is 1. The first-order chi connectivity index (χ1) is 10.9. The topological polar surface area (TPSA) is 50.8 Å². The molecule has 0 spiro atoms. The van der Waals surface area contributed by atoms with Crippen LogP contribution in [0.2, 0.25) is 0 Å². The molecule has 2 rings (SSSR count). The van der Waals surface area contributed by atoms with Crippen LogP contribution < -0.4 is 10.1 Å². The quantitative estimate of drug-likeness (QED) is 0.906. The van der Waals surface area contributed by atoms with E-state index in [-0.39, 0.29) is 6.09 Å². The lowest BCUT2D eigenvalue weighted by Gasteiger charge is -2.24. The summed E-state index contributed by atoms with van der Waals surface area (Å²) in [7, 11) is 1.70. The van der Waals surface area contributed by atoms with Gasteiger partial charge in [0.25, 0.3) is 0 Å². The summed E-state index contributed by atoms with van der Waals surface area (Å²) < 4.78 is 10.8. The zero-order valence-electron chi connectivity index (χ0n) is 14.6. The Morgan fingerprint density at radius 3 is 2.78 bits per heavy atom. The fraction of sp³-hybridized carbons (Fsp3) is 0.611. The molecule has 1 atom stereocenters. The van der Waals surface area contributed by atoms with Crippen molar-refractivity contribution in [2.45, 2.75) is 45.3 Å². The number of hydrogen-bond acceptors (Lipinski definition) is 4. The van der Waals surface area contributed by atoms with E-state index in [0.29, 0.717) is 12.6 Å². The average Bonchev–Trinajstić information content (AvgIpc) is 2.95. The second kappa shape index (κ2) is 7.68. The maximum atomic E-state index is 12.0. The summed E-state index contributed by atoms with van der Waals surface area (Å²) in [4.78, 5) is 13.8. The van der Waals surface area contributed by atoms with Gasteiger partial charge >= 0.3 is 6.09 Å². The van der Waals surface area contributed by atoms with Crippen LogP contribution in [0.5, 0.6) is 5.75 Å². The van der Waals surface area contributed by atoms with E-state index in [1.165, 1.54) is 5.56 Å². The zero-order valence-corrected chi connectivity index (χ0v) is 14.6. The van der Waals surface area contributed by atoms with Gasteiger partial charge in [-0.3, -0.25) is 0 Å². The lowest BCUT2D eigenvalue weighted by Crippen LogP contribution is -2.38. The molecule has 0 aromatic heterocycles. The van der Waals surface area contributed by atoms with Crippen molar-refractivity contribution >= 4 is 6.09 Å². The number of hydrogen-bond donors (Lipinski definition) is 1. The minimum Gasteiger partial charge on any atom is -0.496 e. The molecule has 0 radical (unpaired) electrons. The van der Waals surface area contributed by atoms with Crippen LogP contribution in [0.4, 0.5) is 4.79 Å². The molecule has 1 aromatic carbocycles. The standard InChI is InChI=1S/C18H28N2O3/c1-18(2,3)23-17(21)20-12-10-15(13-20)19-11-9-14-7-5-6-8-16(14)22-4/h5-8,15,19H,9-13H2,1-4H3. The van der Waals surface area contributed by atoms with Crippen molar-refractivity contribution in [3.05, 3.63) is 29.8 Å². The highest BCUT2D eigenvalue weighted by Crippen LogP contribution is 2.18. The Kier molecular flexibility index (Phi) is 5.88. The molecule has 1 heterocycles. The summed E-state index contributed by atoms with van der Waals surface area (Å²) in [6.07, 6.45) is 1.66. The minimum absolute atomic E-state index is 0.216. The van der Waals surface area contributed by atoms with Crippen molar-refractivity contribution in [1.29, 1.82) is 0 Å². The van der Waals surface area contributed by atoms with Crippen LogP contribution in [0.15, 0.2) is 24.3 Å². The highest BCUT2D eigenvalue weighted by atomic mass is 16.6. The van der Waals surface area contributed by atoms with Crippen LogP contribution in [0.25, 0.3) is 0 Å². The van der Waals surface area contributed by atoms with Gasteiger partial charge in [0, 0.05) is 19.1 Å². The number of rotatable bonds is 5. The molecule has 5 heteroatoms. The van der Waals surface area contributed by atoms with Gasteiger partial charge in [-0.15, -0.1) is 0 Å². The summed E-state index contributed by atoms with van der Waals surface area (Å²) in [5.41, 5.74) is 0.761. The number of carbonyl (C=O) groups is 1. The van der Waals surface area contributed by atoms with Crippen molar-refractivity contribution in [2.75, 3.05) is 26.7 Å². The van der Waals surface area contributed by atoms with Crippen molar-refractivity contribution < 1.29 is 14.3 Å². The summed E-state index contributed by atoms with van der Waals surface area (Å²) >= 11 is 0. The molecule has 1 amide bonds. The van der Waals surface area contributed by atoms with Crippen molar-refractivity contribution in [3.63, 3.8) is 0 Å². The number of likely N-dealkylation sites (tertiary alicyclic amines) is 1. The van der Waals surface area contributed by atoms with E-state index in [0.717, 1.165) is 31.7 Å². The van der Waals surface area contributed by atoms with Gasteiger partial charge in [0.05, 0.1) is 7.11 Å². The Hall–Kier alpha value is -1.75. The number of methoxy groups -OCH3 is 1. The van der Waals surface area contributed by atoms with E-state index >= 15 is 0 Å². The van der Waals surface area contributed by atoms with Gasteiger partial charge in [-0.05, 0) is 51.8 Å². The largest absolute Gasteiger partial charge is 0.496 e. The Labute approximate surface area is 139 Å². The predicted molar refractivity (Wildman–Crippen MR) is 90.9 cm³/mol. The molecule has 1 saturated heterocycles. The van der Waals surface area contributed by atoms with Gasteiger partial charge < -0.3 is 19.7 Å². The first-order valence-electron chi connectivity index (χ1n) is 8.22. The molecule has 1 aromatic rings. The van der Waals surface area contributed by atoms with Crippen LogP contribution in [-0.2, 0) is 11.2 Å². The third-order valence-electron chi connectivity index (χ3n) is 3.86. The number of ether oxygens (including phenoxy) is 2. The third kappa shape index (κ3) is 5.43. The molecule has 1 N–H and O–H groups in total. The lowest BCUT2D eigenvalue weighted by atomic mass is 10.1. The van der Waals surface area contributed by atoms with E-state index in [9.17, 15) is 4.79 Å². The molecule has 1 aliphatic heterocycles. The minimum atomic E-state index is -0.438.